The highest BCUT2D eigenvalue weighted by Crippen LogP contribution is 2.51. The van der Waals surface area contributed by atoms with E-state index in [-0.39, 0.29) is 0 Å². The fourth-order valence-corrected chi connectivity index (χ4v) is 9.22. The largest absolute Gasteiger partial charge is 0.341 e. The second kappa shape index (κ2) is 12.3. The smallest absolute Gasteiger partial charge is 0.0497 e. The van der Waals surface area contributed by atoms with E-state index < -0.39 is 0 Å². The van der Waals surface area contributed by atoms with E-state index >= 15 is 0 Å². The van der Waals surface area contributed by atoms with E-state index in [1.807, 2.05) is 0 Å². The topological polar surface area (TPSA) is 6.48 Å². The standard InChI is InChI=1S/C50H40N2/c1-3-51(45-25-13-23-41-37-19-9-7-17-35(37)31-43(41)45)47-29-27-33-15-5-11-21-39(33)49(47)50-40-22-12-6-16-34(40)28-30-48(50)52(4-2)46-26-14-24-42-38-20-10-8-18-36(38)32-44(42)46/h5-30H,3-4,31-32H2,1-2H3. The van der Waals surface area contributed by atoms with Gasteiger partial charge in [0.25, 0.3) is 0 Å². The van der Waals surface area contributed by atoms with Crippen LogP contribution >= 0.6 is 0 Å². The van der Waals surface area contributed by atoms with Crippen LogP contribution in [0.15, 0.2) is 158 Å². The number of anilines is 4. The molecule has 0 N–H and O–H groups in total. The average Bonchev–Trinajstić information content (AvgIpc) is 3.78. The molecule has 0 aliphatic heterocycles. The first kappa shape index (κ1) is 30.7. The fraction of sp³-hybridized carbons (Fsp3) is 0.120. The lowest BCUT2D eigenvalue weighted by Gasteiger charge is -2.33. The number of hydrogen-bond donors (Lipinski definition) is 0. The van der Waals surface area contributed by atoms with Gasteiger partial charge in [0.05, 0.1) is 0 Å². The third-order valence-corrected chi connectivity index (χ3v) is 11.5. The summed E-state index contributed by atoms with van der Waals surface area (Å²) in [4.78, 5) is 5.15. The van der Waals surface area contributed by atoms with Crippen molar-refractivity contribution in [3.05, 3.63) is 180 Å². The van der Waals surface area contributed by atoms with Crippen LogP contribution in [0, 0.1) is 0 Å². The first-order chi connectivity index (χ1) is 25.7. The quantitative estimate of drug-likeness (QED) is 0.167. The zero-order valence-corrected chi connectivity index (χ0v) is 29.7. The Labute approximate surface area is 306 Å². The summed E-state index contributed by atoms with van der Waals surface area (Å²) in [5, 5.41) is 5.05. The summed E-state index contributed by atoms with van der Waals surface area (Å²) in [7, 11) is 0. The summed E-state index contributed by atoms with van der Waals surface area (Å²) in [5.41, 5.74) is 18.7. The molecule has 0 bridgehead atoms. The Morgan fingerprint density at radius 2 is 0.769 bits per heavy atom. The highest BCUT2D eigenvalue weighted by molar-refractivity contribution is 6.15. The van der Waals surface area contributed by atoms with Crippen LogP contribution in [0.2, 0.25) is 0 Å². The monoisotopic (exact) mass is 668 g/mol. The molecule has 0 atom stereocenters. The van der Waals surface area contributed by atoms with Gasteiger partial charge in [0.1, 0.15) is 0 Å². The molecule has 2 aliphatic carbocycles. The Hall–Kier alpha value is -6.12. The highest BCUT2D eigenvalue weighted by Gasteiger charge is 2.29. The molecule has 0 aromatic heterocycles. The van der Waals surface area contributed by atoms with Crippen LogP contribution < -0.4 is 9.80 Å². The third kappa shape index (κ3) is 4.64. The minimum absolute atomic E-state index is 0.847. The Kier molecular flexibility index (Phi) is 7.25. The van der Waals surface area contributed by atoms with Crippen molar-refractivity contribution in [2.24, 2.45) is 0 Å². The van der Waals surface area contributed by atoms with Crippen molar-refractivity contribution in [2.45, 2.75) is 26.7 Å². The van der Waals surface area contributed by atoms with Gasteiger partial charge >= 0.3 is 0 Å². The molecule has 10 rings (SSSR count). The van der Waals surface area contributed by atoms with Gasteiger partial charge in [-0.25, -0.2) is 0 Å². The predicted octanol–water partition coefficient (Wildman–Crippen LogP) is 13.1. The Morgan fingerprint density at radius 3 is 1.23 bits per heavy atom. The normalized spacial score (nSPS) is 12.4. The summed E-state index contributed by atoms with van der Waals surface area (Å²) >= 11 is 0. The van der Waals surface area contributed by atoms with Crippen LogP contribution in [-0.4, -0.2) is 13.1 Å². The molecule has 0 saturated carbocycles. The molecular weight excluding hydrogens is 629 g/mol. The lowest BCUT2D eigenvalue weighted by Crippen LogP contribution is -2.21. The van der Waals surface area contributed by atoms with E-state index in [1.54, 1.807) is 0 Å². The van der Waals surface area contributed by atoms with E-state index in [2.05, 4.69) is 181 Å². The van der Waals surface area contributed by atoms with Crippen molar-refractivity contribution in [1.82, 2.24) is 0 Å². The van der Waals surface area contributed by atoms with Crippen LogP contribution in [0.1, 0.15) is 36.1 Å². The maximum Gasteiger partial charge on any atom is 0.0497 e. The molecule has 2 heteroatoms. The van der Waals surface area contributed by atoms with E-state index in [9.17, 15) is 0 Å². The molecule has 0 spiro atoms. The average molecular weight is 669 g/mol. The molecule has 0 amide bonds. The summed E-state index contributed by atoms with van der Waals surface area (Å²) < 4.78 is 0. The van der Waals surface area contributed by atoms with Gasteiger partial charge in [0.15, 0.2) is 0 Å². The Bertz CT molecular complexity index is 2500. The number of benzene rings is 8. The maximum absolute atomic E-state index is 2.57. The molecule has 8 aromatic carbocycles. The summed E-state index contributed by atoms with van der Waals surface area (Å²) in [6, 6.07) is 58.9. The number of rotatable bonds is 7. The number of hydrogen-bond acceptors (Lipinski definition) is 2. The van der Waals surface area contributed by atoms with Crippen molar-refractivity contribution in [3.8, 4) is 33.4 Å². The van der Waals surface area contributed by atoms with Crippen LogP contribution in [0.25, 0.3) is 54.9 Å². The van der Waals surface area contributed by atoms with Gasteiger partial charge in [-0.3, -0.25) is 0 Å². The summed E-state index contributed by atoms with van der Waals surface area (Å²) in [6.07, 6.45) is 1.90. The Morgan fingerprint density at radius 1 is 0.365 bits per heavy atom. The lowest BCUT2D eigenvalue weighted by molar-refractivity contribution is 1.01. The van der Waals surface area contributed by atoms with Crippen LogP contribution in [0.4, 0.5) is 22.7 Å². The van der Waals surface area contributed by atoms with Gasteiger partial charge in [0, 0.05) is 59.8 Å². The first-order valence-electron chi connectivity index (χ1n) is 18.7. The van der Waals surface area contributed by atoms with Crippen molar-refractivity contribution in [2.75, 3.05) is 22.9 Å². The summed E-state index contributed by atoms with van der Waals surface area (Å²) in [5.74, 6) is 0. The van der Waals surface area contributed by atoms with Gasteiger partial charge in [-0.05, 0) is 104 Å². The number of nitrogens with zero attached hydrogens (tertiary/aromatic N) is 2. The highest BCUT2D eigenvalue weighted by atomic mass is 15.1. The third-order valence-electron chi connectivity index (χ3n) is 11.5. The van der Waals surface area contributed by atoms with Crippen molar-refractivity contribution in [3.63, 3.8) is 0 Å². The zero-order chi connectivity index (χ0) is 34.8. The molecule has 8 aromatic rings. The van der Waals surface area contributed by atoms with E-state index in [0.29, 0.717) is 0 Å². The van der Waals surface area contributed by atoms with Crippen LogP contribution in [0.3, 0.4) is 0 Å². The predicted molar refractivity (Wildman–Crippen MR) is 222 cm³/mol. The summed E-state index contributed by atoms with van der Waals surface area (Å²) in [6.45, 7) is 6.29. The molecule has 250 valence electrons. The molecule has 2 nitrogen and oxygen atoms in total. The molecule has 0 fully saturated rings. The SMILES string of the molecule is CCN(c1cccc2c1Cc1ccccc1-2)c1ccc2ccccc2c1-c1c(N(CC)c2cccc3c2Cc2ccccc2-3)ccc2ccccc12. The lowest BCUT2D eigenvalue weighted by atomic mass is 9.89. The van der Waals surface area contributed by atoms with Gasteiger partial charge in [-0.1, -0.05) is 133 Å². The second-order valence-electron chi connectivity index (χ2n) is 14.1. The molecule has 0 heterocycles. The maximum atomic E-state index is 2.57. The van der Waals surface area contributed by atoms with Gasteiger partial charge in [0.2, 0.25) is 0 Å². The molecule has 0 unspecified atom stereocenters. The first-order valence-corrected chi connectivity index (χ1v) is 18.7. The number of fused-ring (bicyclic) bond motifs is 8. The molecule has 2 aliphatic rings. The molecule has 0 saturated heterocycles. The van der Waals surface area contributed by atoms with Gasteiger partial charge in [-0.15, -0.1) is 0 Å². The van der Waals surface area contributed by atoms with Gasteiger partial charge in [-0.2, -0.15) is 0 Å². The molecule has 52 heavy (non-hydrogen) atoms. The van der Waals surface area contributed by atoms with Crippen LogP contribution in [-0.2, 0) is 12.8 Å². The van der Waals surface area contributed by atoms with E-state index in [4.69, 9.17) is 0 Å². The fourth-order valence-electron chi connectivity index (χ4n) is 9.22. The minimum Gasteiger partial charge on any atom is -0.341 e. The van der Waals surface area contributed by atoms with E-state index in [0.717, 1.165) is 25.9 Å². The zero-order valence-electron chi connectivity index (χ0n) is 29.7. The Balaban J connectivity index is 1.24. The minimum atomic E-state index is 0.847. The molecule has 0 radical (unpaired) electrons. The molecular formula is C50H40N2. The van der Waals surface area contributed by atoms with E-state index in [1.165, 1.54) is 99.9 Å². The van der Waals surface area contributed by atoms with Crippen molar-refractivity contribution >= 4 is 44.3 Å². The van der Waals surface area contributed by atoms with Crippen molar-refractivity contribution < 1.29 is 0 Å². The van der Waals surface area contributed by atoms with Gasteiger partial charge < -0.3 is 9.80 Å². The van der Waals surface area contributed by atoms with Crippen LogP contribution in [0.5, 0.6) is 0 Å². The second-order valence-corrected chi connectivity index (χ2v) is 14.1. The van der Waals surface area contributed by atoms with Crippen molar-refractivity contribution in [1.29, 1.82) is 0 Å².